The fourth-order valence-corrected chi connectivity index (χ4v) is 6.22. The molecule has 7 nitrogen and oxygen atoms in total. The van der Waals surface area contributed by atoms with Gasteiger partial charge in [0.1, 0.15) is 18.4 Å². The standard InChI is InChI=1S/C34H35ClFN3O4S/c1-3-25(2)37-34(41)32(22-26-12-6-4-7-13-26)38(23-27-14-10-11-17-31(27)36)33(40)24-39(29-20-18-28(35)19-21-29)44(42,43)30-15-8-5-9-16-30/h4-21,25,32H,3,22-24H2,1-2H3,(H,37,41). The molecule has 2 unspecified atom stereocenters. The zero-order valence-electron chi connectivity index (χ0n) is 24.6. The van der Waals surface area contributed by atoms with Gasteiger partial charge in [0.05, 0.1) is 10.6 Å². The molecular weight excluding hydrogens is 601 g/mol. The molecule has 0 spiro atoms. The molecule has 230 valence electrons. The molecular formula is C34H35ClFN3O4S. The maximum atomic E-state index is 15.0. The minimum atomic E-state index is -4.24. The highest BCUT2D eigenvalue weighted by Gasteiger charge is 2.35. The van der Waals surface area contributed by atoms with Crippen molar-refractivity contribution >= 4 is 39.1 Å². The molecule has 0 saturated heterocycles. The number of carbonyl (C=O) groups is 2. The predicted octanol–water partition coefficient (Wildman–Crippen LogP) is 6.23. The van der Waals surface area contributed by atoms with Gasteiger partial charge in [-0.05, 0) is 61.4 Å². The zero-order chi connectivity index (χ0) is 31.7. The first-order valence-corrected chi connectivity index (χ1v) is 16.1. The van der Waals surface area contributed by atoms with Gasteiger partial charge in [-0.1, -0.05) is 85.3 Å². The molecule has 0 aromatic heterocycles. The summed E-state index contributed by atoms with van der Waals surface area (Å²) in [6, 6.07) is 27.8. The second kappa shape index (κ2) is 15.0. The van der Waals surface area contributed by atoms with E-state index < -0.39 is 40.2 Å². The van der Waals surface area contributed by atoms with Gasteiger partial charge in [-0.15, -0.1) is 0 Å². The lowest BCUT2D eigenvalue weighted by Gasteiger charge is -2.34. The van der Waals surface area contributed by atoms with E-state index >= 15 is 0 Å². The van der Waals surface area contributed by atoms with Crippen LogP contribution >= 0.6 is 11.6 Å². The number of nitrogens with one attached hydrogen (secondary N) is 1. The number of nitrogens with zero attached hydrogens (tertiary/aromatic N) is 2. The van der Waals surface area contributed by atoms with Gasteiger partial charge in [0.15, 0.2) is 0 Å². The number of rotatable bonds is 13. The summed E-state index contributed by atoms with van der Waals surface area (Å²) < 4.78 is 43.9. The molecule has 4 aromatic rings. The number of halogens is 2. The summed E-state index contributed by atoms with van der Waals surface area (Å²) in [6.07, 6.45) is 0.792. The topological polar surface area (TPSA) is 86.8 Å². The molecule has 0 bridgehead atoms. The summed E-state index contributed by atoms with van der Waals surface area (Å²) in [6.45, 7) is 2.89. The molecule has 0 aliphatic rings. The number of amides is 2. The molecule has 0 heterocycles. The first-order chi connectivity index (χ1) is 21.1. The molecule has 0 aliphatic heterocycles. The molecule has 2 atom stereocenters. The molecule has 4 aromatic carbocycles. The van der Waals surface area contributed by atoms with Crippen LogP contribution in [0, 0.1) is 5.82 Å². The normalized spacial score (nSPS) is 12.6. The van der Waals surface area contributed by atoms with Crippen LogP contribution in [-0.2, 0) is 32.6 Å². The number of hydrogen-bond acceptors (Lipinski definition) is 4. The first-order valence-electron chi connectivity index (χ1n) is 14.3. The minimum Gasteiger partial charge on any atom is -0.352 e. The Labute approximate surface area is 263 Å². The molecule has 1 N–H and O–H groups in total. The number of sulfonamides is 1. The van der Waals surface area contributed by atoms with Gasteiger partial charge in [0, 0.05) is 29.6 Å². The Kier molecular flexibility index (Phi) is 11.1. The highest BCUT2D eigenvalue weighted by molar-refractivity contribution is 7.92. The maximum Gasteiger partial charge on any atom is 0.264 e. The van der Waals surface area contributed by atoms with Crippen LogP contribution in [0.4, 0.5) is 10.1 Å². The highest BCUT2D eigenvalue weighted by Crippen LogP contribution is 2.26. The summed E-state index contributed by atoms with van der Waals surface area (Å²) in [5.41, 5.74) is 1.19. The molecule has 10 heteroatoms. The van der Waals surface area contributed by atoms with Crippen molar-refractivity contribution in [1.82, 2.24) is 10.2 Å². The Morgan fingerprint density at radius 3 is 2.07 bits per heavy atom. The van der Waals surface area contributed by atoms with Gasteiger partial charge in [0.25, 0.3) is 10.0 Å². The lowest BCUT2D eigenvalue weighted by atomic mass is 10.0. The third-order valence-corrected chi connectivity index (χ3v) is 9.34. The number of hydrogen-bond donors (Lipinski definition) is 1. The molecule has 4 rings (SSSR count). The average Bonchev–Trinajstić information content (AvgIpc) is 3.03. The smallest absolute Gasteiger partial charge is 0.264 e. The van der Waals surface area contributed by atoms with Crippen LogP contribution in [-0.4, -0.2) is 43.8 Å². The summed E-state index contributed by atoms with van der Waals surface area (Å²) in [7, 11) is -4.24. The third-order valence-electron chi connectivity index (χ3n) is 7.30. The van der Waals surface area contributed by atoms with Crippen molar-refractivity contribution in [2.45, 2.75) is 50.2 Å². The molecule has 44 heavy (non-hydrogen) atoms. The second-order valence-corrected chi connectivity index (χ2v) is 12.7. The van der Waals surface area contributed by atoms with Gasteiger partial charge in [-0.2, -0.15) is 0 Å². The van der Waals surface area contributed by atoms with Gasteiger partial charge in [-0.25, -0.2) is 12.8 Å². The van der Waals surface area contributed by atoms with E-state index in [1.807, 2.05) is 44.2 Å². The van der Waals surface area contributed by atoms with Gasteiger partial charge in [-0.3, -0.25) is 13.9 Å². The van der Waals surface area contributed by atoms with Crippen molar-refractivity contribution < 1.29 is 22.4 Å². The summed E-state index contributed by atoms with van der Waals surface area (Å²) in [5, 5.41) is 3.35. The van der Waals surface area contributed by atoms with Crippen LogP contribution in [0.3, 0.4) is 0 Å². The third kappa shape index (κ3) is 8.24. The largest absolute Gasteiger partial charge is 0.352 e. The molecule has 2 amide bonds. The Morgan fingerprint density at radius 2 is 1.45 bits per heavy atom. The van der Waals surface area contributed by atoms with Crippen LogP contribution in [0.2, 0.25) is 5.02 Å². The van der Waals surface area contributed by atoms with Gasteiger partial charge < -0.3 is 10.2 Å². The maximum absolute atomic E-state index is 15.0. The zero-order valence-corrected chi connectivity index (χ0v) is 26.1. The van der Waals surface area contributed by atoms with Gasteiger partial charge >= 0.3 is 0 Å². The van der Waals surface area contributed by atoms with Crippen molar-refractivity contribution in [3.05, 3.63) is 131 Å². The Hall–Kier alpha value is -4.21. The van der Waals surface area contributed by atoms with Gasteiger partial charge in [0.2, 0.25) is 11.8 Å². The van der Waals surface area contributed by atoms with Crippen molar-refractivity contribution in [3.63, 3.8) is 0 Å². The van der Waals surface area contributed by atoms with E-state index in [1.54, 1.807) is 30.3 Å². The van der Waals surface area contributed by atoms with Crippen LogP contribution in [0.1, 0.15) is 31.4 Å². The quantitative estimate of drug-likeness (QED) is 0.189. The van der Waals surface area contributed by atoms with Crippen molar-refractivity contribution in [2.75, 3.05) is 10.8 Å². The number of benzene rings is 4. The lowest BCUT2D eigenvalue weighted by Crippen LogP contribution is -2.54. The van der Waals surface area contributed by atoms with Crippen LogP contribution in [0.15, 0.2) is 114 Å². The predicted molar refractivity (Wildman–Crippen MR) is 171 cm³/mol. The Balaban J connectivity index is 1.80. The van der Waals surface area contributed by atoms with E-state index in [1.165, 1.54) is 53.4 Å². The second-order valence-electron chi connectivity index (χ2n) is 10.4. The van der Waals surface area contributed by atoms with Crippen LogP contribution in [0.5, 0.6) is 0 Å². The monoisotopic (exact) mass is 635 g/mol. The van der Waals surface area contributed by atoms with E-state index in [0.717, 1.165) is 9.87 Å². The lowest BCUT2D eigenvalue weighted by molar-refractivity contribution is -0.140. The fourth-order valence-electron chi connectivity index (χ4n) is 4.66. The van der Waals surface area contributed by atoms with E-state index in [2.05, 4.69) is 5.32 Å². The SMILES string of the molecule is CCC(C)NC(=O)C(Cc1ccccc1)N(Cc1ccccc1F)C(=O)CN(c1ccc(Cl)cc1)S(=O)(=O)c1ccccc1. The van der Waals surface area contributed by atoms with Crippen LogP contribution in [0.25, 0.3) is 0 Å². The molecule has 0 aliphatic carbocycles. The van der Waals surface area contributed by atoms with Crippen molar-refractivity contribution in [1.29, 1.82) is 0 Å². The minimum absolute atomic E-state index is 0.0150. The van der Waals surface area contributed by atoms with E-state index in [4.69, 9.17) is 11.6 Å². The summed E-state index contributed by atoms with van der Waals surface area (Å²) in [4.78, 5) is 29.4. The van der Waals surface area contributed by atoms with E-state index in [-0.39, 0.29) is 35.2 Å². The Bertz CT molecular complexity index is 1660. The summed E-state index contributed by atoms with van der Waals surface area (Å²) in [5.74, 6) is -1.64. The first kappa shape index (κ1) is 32.7. The molecule has 0 saturated carbocycles. The van der Waals surface area contributed by atoms with Crippen molar-refractivity contribution in [2.24, 2.45) is 0 Å². The Morgan fingerprint density at radius 1 is 0.864 bits per heavy atom. The van der Waals surface area contributed by atoms with E-state index in [9.17, 15) is 22.4 Å². The summed E-state index contributed by atoms with van der Waals surface area (Å²) >= 11 is 6.09. The highest BCUT2D eigenvalue weighted by atomic mass is 35.5. The van der Waals surface area contributed by atoms with E-state index in [0.29, 0.717) is 11.4 Å². The molecule has 0 fully saturated rings. The van der Waals surface area contributed by atoms with Crippen molar-refractivity contribution in [3.8, 4) is 0 Å². The molecule has 0 radical (unpaired) electrons. The number of carbonyl (C=O) groups excluding carboxylic acids is 2. The number of anilines is 1. The van der Waals surface area contributed by atoms with Crippen LogP contribution < -0.4 is 9.62 Å². The average molecular weight is 636 g/mol. The fraction of sp³-hybridized carbons (Fsp3) is 0.235.